The van der Waals surface area contributed by atoms with E-state index in [4.69, 9.17) is 40.8 Å². The van der Waals surface area contributed by atoms with Crippen molar-refractivity contribution in [3.05, 3.63) is 40.8 Å². The van der Waals surface area contributed by atoms with Crippen LogP contribution in [0.2, 0.25) is 0 Å². The van der Waals surface area contributed by atoms with Crippen molar-refractivity contribution < 1.29 is 98.8 Å². The van der Waals surface area contributed by atoms with Gasteiger partial charge >= 0.3 is 88.7 Å². The summed E-state index contributed by atoms with van der Waals surface area (Å²) in [5, 5.41) is 38.5. The molecule has 0 radical (unpaired) electrons. The monoisotopic (exact) mass is 239 g/mol. The molecule has 0 fully saturated rings. The molecule has 0 aromatic carbocycles. The number of hydrogen-bond acceptors (Lipinski definition) is 9. The zero-order valence-electron chi connectivity index (χ0n) is 7.61. The Balaban J connectivity index is -0.0000000156. The minimum atomic E-state index is -1.75. The van der Waals surface area contributed by atoms with E-state index < -0.39 is 10.2 Å². The summed E-state index contributed by atoms with van der Waals surface area (Å²) in [6.07, 6.45) is 0. The average molecular weight is 239 g/mol. The van der Waals surface area contributed by atoms with E-state index in [0.717, 1.165) is 5.34 Å². The molecule has 0 unspecified atom stereocenters. The molecule has 0 saturated carbocycles. The molecule has 0 aromatic rings. The van der Waals surface area contributed by atoms with Gasteiger partial charge in [-0.1, -0.05) is 0 Å². The quantitative estimate of drug-likeness (QED) is 0.172. The third-order valence-corrected chi connectivity index (χ3v) is 0. The van der Waals surface area contributed by atoms with Crippen molar-refractivity contribution in [2.24, 2.45) is 5.34 Å². The molecule has 0 aliphatic carbocycles. The van der Waals surface area contributed by atoms with Crippen LogP contribution in [0.5, 0.6) is 0 Å². The van der Waals surface area contributed by atoms with E-state index in [-0.39, 0.29) is 88.7 Å². The smallest absolute Gasteiger partial charge is 0.444 e. The minimum Gasteiger partial charge on any atom is -0.444 e. The average Bonchev–Trinajstić information content (AvgIpc) is 1.60. The molecule has 0 saturated heterocycles. The van der Waals surface area contributed by atoms with Gasteiger partial charge in [0.05, 0.1) is 10.2 Å². The Hall–Kier alpha value is 0.800. The van der Waals surface area contributed by atoms with Gasteiger partial charge in [0, 0.05) is 0 Å². The van der Waals surface area contributed by atoms with Crippen LogP contribution < -0.4 is 88.7 Å². The van der Waals surface area contributed by atoms with Gasteiger partial charge in [-0.15, -0.1) is 5.34 Å². The van der Waals surface area contributed by atoms with Crippen molar-refractivity contribution in [3.63, 3.8) is 0 Å². The standard InChI is InChI=1S/2NO3.HNO2.3Na/c2*2-1(3)4;2-1-3;;;/h;;(H,2,3);;;/q2*-1;;3*+1/p-1. The van der Waals surface area contributed by atoms with Crippen LogP contribution in [0.1, 0.15) is 0 Å². The van der Waals surface area contributed by atoms with E-state index in [1.165, 1.54) is 0 Å². The fourth-order valence-corrected chi connectivity index (χ4v) is 0. The molecule has 11 nitrogen and oxygen atoms in total. The maximum Gasteiger partial charge on any atom is 1.00 e. The van der Waals surface area contributed by atoms with Crippen LogP contribution >= 0.6 is 0 Å². The molecule has 0 spiro atoms. The first-order valence-electron chi connectivity index (χ1n) is 1.46. The third kappa shape index (κ3) is 2780. The Bertz CT molecular complexity index is 107. The summed E-state index contributed by atoms with van der Waals surface area (Å²) in [5.41, 5.74) is 0. The van der Waals surface area contributed by atoms with E-state index in [9.17, 15) is 0 Å². The number of hydrogen-bond donors (Lipinski definition) is 0. The molecule has 0 rings (SSSR count). The summed E-state index contributed by atoms with van der Waals surface area (Å²) in [5.74, 6) is 0. The molecule has 0 aromatic heterocycles. The summed E-state index contributed by atoms with van der Waals surface area (Å²) in [6, 6.07) is 0. The van der Waals surface area contributed by atoms with E-state index in [0.29, 0.717) is 0 Å². The molecule has 0 N–H and O–H groups in total. The van der Waals surface area contributed by atoms with Crippen molar-refractivity contribution in [2.45, 2.75) is 0 Å². The molecule has 0 amide bonds. The van der Waals surface area contributed by atoms with Crippen LogP contribution in [0, 0.1) is 40.8 Å². The second kappa shape index (κ2) is 37.2. The molecule has 66 valence electrons. The topological polar surface area (TPSA) is 185 Å². The molecule has 0 heterocycles. The van der Waals surface area contributed by atoms with Crippen LogP contribution in [0.3, 0.4) is 0 Å². The molecule has 14 heavy (non-hydrogen) atoms. The first kappa shape index (κ1) is 36.4. The first-order chi connectivity index (χ1) is 4.88. The van der Waals surface area contributed by atoms with E-state index in [1.54, 1.807) is 0 Å². The van der Waals surface area contributed by atoms with Gasteiger partial charge in [0.25, 0.3) is 0 Å². The second-order valence-corrected chi connectivity index (χ2v) is 0.522. The maximum absolute atomic E-state index is 8.25. The van der Waals surface area contributed by atoms with Gasteiger partial charge in [-0.25, -0.2) is 0 Å². The minimum absolute atomic E-state index is 0. The van der Waals surface area contributed by atoms with Crippen LogP contribution in [0.4, 0.5) is 0 Å². The van der Waals surface area contributed by atoms with Crippen molar-refractivity contribution in [2.75, 3.05) is 0 Å². The summed E-state index contributed by atoms with van der Waals surface area (Å²) >= 11 is 0. The summed E-state index contributed by atoms with van der Waals surface area (Å²) in [4.78, 5) is 24.5. The van der Waals surface area contributed by atoms with Gasteiger partial charge in [-0.05, 0) is 0 Å². The Kier molecular flexibility index (Phi) is 96.6. The van der Waals surface area contributed by atoms with Crippen LogP contribution in [-0.4, -0.2) is 10.2 Å². The Morgan fingerprint density at radius 3 is 0.786 bits per heavy atom. The largest absolute Gasteiger partial charge is 1.00 e. The fraction of sp³-hybridized carbons (Fsp3) is 0. The van der Waals surface area contributed by atoms with Gasteiger partial charge in [0.1, 0.15) is 0 Å². The summed E-state index contributed by atoms with van der Waals surface area (Å²) < 4.78 is 0. The maximum atomic E-state index is 8.25. The number of rotatable bonds is 0. The van der Waals surface area contributed by atoms with Crippen molar-refractivity contribution >= 4 is 0 Å². The van der Waals surface area contributed by atoms with Gasteiger partial charge in [0.15, 0.2) is 0 Å². The van der Waals surface area contributed by atoms with E-state index >= 15 is 0 Å². The van der Waals surface area contributed by atoms with Gasteiger partial charge in [-0.3, -0.25) is 0 Å². The Labute approximate surface area is 143 Å². The van der Waals surface area contributed by atoms with E-state index in [2.05, 4.69) is 0 Å². The van der Waals surface area contributed by atoms with Gasteiger partial charge in [0.2, 0.25) is 0 Å². The van der Waals surface area contributed by atoms with Crippen LogP contribution in [-0.2, 0) is 0 Å². The first-order valence-corrected chi connectivity index (χ1v) is 1.46. The summed E-state index contributed by atoms with van der Waals surface area (Å²) in [7, 11) is 0. The van der Waals surface area contributed by atoms with Crippen molar-refractivity contribution in [1.82, 2.24) is 0 Å². The molecular weight excluding hydrogens is 239 g/mol. The zero-order chi connectivity index (χ0) is 9.86. The Morgan fingerprint density at radius 2 is 0.786 bits per heavy atom. The van der Waals surface area contributed by atoms with Crippen molar-refractivity contribution in [1.29, 1.82) is 0 Å². The third-order valence-electron chi connectivity index (χ3n) is 0. The molecule has 0 aliphatic heterocycles. The zero-order valence-corrected chi connectivity index (χ0v) is 13.6. The molecule has 14 heteroatoms. The molecule has 0 atom stereocenters. The SMILES string of the molecule is O=N[O-].O=[N+]([O-])[O-].O=[N+]([O-])[O-].[Na+].[Na+].[Na+]. The van der Waals surface area contributed by atoms with Crippen LogP contribution in [0.15, 0.2) is 5.34 Å². The second-order valence-electron chi connectivity index (χ2n) is 0.522. The predicted octanol–water partition coefficient (Wildman–Crippen LogP) is -9.22. The summed E-state index contributed by atoms with van der Waals surface area (Å²) in [6.45, 7) is 0. The van der Waals surface area contributed by atoms with Crippen LogP contribution in [0.25, 0.3) is 0 Å². The van der Waals surface area contributed by atoms with Crippen molar-refractivity contribution in [3.8, 4) is 0 Å². The fourth-order valence-electron chi connectivity index (χ4n) is 0. The Morgan fingerprint density at radius 1 is 0.786 bits per heavy atom. The number of nitrogens with zero attached hydrogens (tertiary/aromatic N) is 3. The molecule has 0 bridgehead atoms. The van der Waals surface area contributed by atoms with Gasteiger partial charge < -0.3 is 40.8 Å². The molecule has 0 aliphatic rings. The normalized spacial score (nSPS) is 4.29. The van der Waals surface area contributed by atoms with E-state index in [1.807, 2.05) is 0 Å². The molecular formula is N3Na3O8. The van der Waals surface area contributed by atoms with Gasteiger partial charge in [-0.2, -0.15) is 0 Å². The predicted molar refractivity (Wildman–Crippen MR) is 29.9 cm³/mol.